The lowest BCUT2D eigenvalue weighted by Gasteiger charge is -2.04. The van der Waals surface area contributed by atoms with E-state index in [0.717, 1.165) is 0 Å². The number of aromatic carboxylic acids is 1. The van der Waals surface area contributed by atoms with Gasteiger partial charge in [0.2, 0.25) is 0 Å². The van der Waals surface area contributed by atoms with E-state index in [0.29, 0.717) is 5.69 Å². The van der Waals surface area contributed by atoms with E-state index in [1.54, 1.807) is 18.2 Å². The standard InChI is InChI=1S/C13H9N3O4/c1-2-6-20-13(19)9-4-3-5-10(7-9)16-8-11(12(17)18)14-15-16/h1,3-5,7-8H,6H2,(H,17,18). The summed E-state index contributed by atoms with van der Waals surface area (Å²) >= 11 is 0. The number of carboxylic acids is 1. The Bertz CT molecular complexity index is 700. The lowest BCUT2D eigenvalue weighted by atomic mass is 10.2. The van der Waals surface area contributed by atoms with Crippen LogP contribution >= 0.6 is 0 Å². The Hall–Kier alpha value is -3.14. The van der Waals surface area contributed by atoms with E-state index < -0.39 is 11.9 Å². The summed E-state index contributed by atoms with van der Waals surface area (Å²) in [5.74, 6) is 0.448. The Morgan fingerprint density at radius 2 is 2.25 bits per heavy atom. The minimum atomic E-state index is -1.18. The lowest BCUT2D eigenvalue weighted by Crippen LogP contribution is -2.06. The molecule has 1 aromatic carbocycles. The van der Waals surface area contributed by atoms with Gasteiger partial charge >= 0.3 is 11.9 Å². The molecule has 0 amide bonds. The number of nitrogens with zero attached hydrogens (tertiary/aromatic N) is 3. The fourth-order valence-corrected chi connectivity index (χ4v) is 1.45. The number of esters is 1. The van der Waals surface area contributed by atoms with Crippen LogP contribution in [0.2, 0.25) is 0 Å². The van der Waals surface area contributed by atoms with Crippen molar-refractivity contribution in [1.82, 2.24) is 15.0 Å². The molecular formula is C13H9N3O4. The topological polar surface area (TPSA) is 94.3 Å². The molecule has 1 aromatic heterocycles. The van der Waals surface area contributed by atoms with Crippen molar-refractivity contribution in [2.24, 2.45) is 0 Å². The maximum absolute atomic E-state index is 11.6. The largest absolute Gasteiger partial charge is 0.476 e. The first-order valence-corrected chi connectivity index (χ1v) is 5.48. The van der Waals surface area contributed by atoms with E-state index in [4.69, 9.17) is 16.3 Å². The minimum absolute atomic E-state index is 0.116. The van der Waals surface area contributed by atoms with Crippen LogP contribution in [-0.2, 0) is 4.74 Å². The highest BCUT2D eigenvalue weighted by Crippen LogP contribution is 2.11. The third-order valence-corrected chi connectivity index (χ3v) is 2.35. The zero-order valence-electron chi connectivity index (χ0n) is 10.2. The van der Waals surface area contributed by atoms with Crippen LogP contribution < -0.4 is 0 Å². The second-order valence-electron chi connectivity index (χ2n) is 3.68. The van der Waals surface area contributed by atoms with Gasteiger partial charge in [-0.1, -0.05) is 17.2 Å². The van der Waals surface area contributed by atoms with Gasteiger partial charge in [-0.2, -0.15) is 0 Å². The van der Waals surface area contributed by atoms with Gasteiger partial charge in [-0.25, -0.2) is 14.3 Å². The fraction of sp³-hybridized carbons (Fsp3) is 0.0769. The molecule has 0 bridgehead atoms. The number of carbonyl (C=O) groups is 2. The Balaban J connectivity index is 2.27. The molecule has 1 N–H and O–H groups in total. The number of rotatable bonds is 4. The van der Waals surface area contributed by atoms with E-state index in [-0.39, 0.29) is 17.9 Å². The maximum atomic E-state index is 11.6. The van der Waals surface area contributed by atoms with Gasteiger partial charge in [0.05, 0.1) is 17.4 Å². The van der Waals surface area contributed by atoms with Crippen molar-refractivity contribution in [2.45, 2.75) is 0 Å². The van der Waals surface area contributed by atoms with E-state index in [1.807, 2.05) is 0 Å². The highest BCUT2D eigenvalue weighted by molar-refractivity contribution is 5.90. The summed E-state index contributed by atoms with van der Waals surface area (Å²) in [5, 5.41) is 15.9. The van der Waals surface area contributed by atoms with Crippen molar-refractivity contribution in [3.8, 4) is 18.0 Å². The Morgan fingerprint density at radius 3 is 2.90 bits per heavy atom. The summed E-state index contributed by atoms with van der Waals surface area (Å²) in [5.41, 5.74) is 0.579. The van der Waals surface area contributed by atoms with Crippen molar-refractivity contribution in [1.29, 1.82) is 0 Å². The molecule has 20 heavy (non-hydrogen) atoms. The molecule has 0 saturated heterocycles. The van der Waals surface area contributed by atoms with Crippen LogP contribution in [0.15, 0.2) is 30.5 Å². The summed E-state index contributed by atoms with van der Waals surface area (Å²) in [6, 6.07) is 6.32. The van der Waals surface area contributed by atoms with Gasteiger partial charge in [0.25, 0.3) is 0 Å². The summed E-state index contributed by atoms with van der Waals surface area (Å²) < 4.78 is 6.05. The molecular weight excluding hydrogens is 262 g/mol. The van der Waals surface area contributed by atoms with E-state index >= 15 is 0 Å². The summed E-state index contributed by atoms with van der Waals surface area (Å²) in [4.78, 5) is 22.4. The molecule has 2 aromatic rings. The monoisotopic (exact) mass is 271 g/mol. The molecule has 0 fully saturated rings. The van der Waals surface area contributed by atoms with E-state index in [9.17, 15) is 9.59 Å². The van der Waals surface area contributed by atoms with Gasteiger partial charge in [0.1, 0.15) is 0 Å². The van der Waals surface area contributed by atoms with Gasteiger partial charge in [0, 0.05) is 0 Å². The van der Waals surface area contributed by atoms with Crippen LogP contribution in [0.4, 0.5) is 0 Å². The molecule has 7 nitrogen and oxygen atoms in total. The first-order chi connectivity index (χ1) is 9.61. The highest BCUT2D eigenvalue weighted by Gasteiger charge is 2.11. The Morgan fingerprint density at radius 1 is 1.45 bits per heavy atom. The number of benzene rings is 1. The number of hydrogen-bond donors (Lipinski definition) is 1. The number of aromatic nitrogens is 3. The van der Waals surface area contributed by atoms with E-state index in [1.165, 1.54) is 16.9 Å². The van der Waals surface area contributed by atoms with Gasteiger partial charge in [-0.15, -0.1) is 11.5 Å². The van der Waals surface area contributed by atoms with Crippen molar-refractivity contribution in [3.05, 3.63) is 41.7 Å². The molecule has 0 aliphatic carbocycles. The highest BCUT2D eigenvalue weighted by atomic mass is 16.5. The van der Waals surface area contributed by atoms with Crippen LogP contribution in [-0.4, -0.2) is 38.6 Å². The number of ether oxygens (including phenoxy) is 1. The van der Waals surface area contributed by atoms with Gasteiger partial charge in [0.15, 0.2) is 12.3 Å². The first-order valence-electron chi connectivity index (χ1n) is 5.48. The molecule has 7 heteroatoms. The average Bonchev–Trinajstić information content (AvgIpc) is 2.95. The summed E-state index contributed by atoms with van der Waals surface area (Å²) in [6.07, 6.45) is 6.25. The van der Waals surface area contributed by atoms with Crippen LogP contribution in [0.3, 0.4) is 0 Å². The number of carbonyl (C=O) groups excluding carboxylic acids is 1. The summed E-state index contributed by atoms with van der Waals surface area (Å²) in [7, 11) is 0. The Labute approximate surface area is 113 Å². The Kier molecular flexibility index (Phi) is 3.77. The molecule has 0 aliphatic heterocycles. The molecule has 0 aliphatic rings. The van der Waals surface area contributed by atoms with Crippen molar-refractivity contribution in [3.63, 3.8) is 0 Å². The van der Waals surface area contributed by atoms with Gasteiger partial charge < -0.3 is 9.84 Å². The lowest BCUT2D eigenvalue weighted by molar-refractivity contribution is 0.0556. The molecule has 2 rings (SSSR count). The smallest absolute Gasteiger partial charge is 0.358 e. The fourth-order valence-electron chi connectivity index (χ4n) is 1.45. The molecule has 0 radical (unpaired) electrons. The third kappa shape index (κ3) is 2.81. The number of terminal acetylenes is 1. The van der Waals surface area contributed by atoms with Crippen LogP contribution in [0, 0.1) is 12.3 Å². The normalized spacial score (nSPS) is 9.75. The van der Waals surface area contributed by atoms with E-state index in [2.05, 4.69) is 16.2 Å². The molecule has 0 atom stereocenters. The van der Waals surface area contributed by atoms with Crippen LogP contribution in [0.5, 0.6) is 0 Å². The molecule has 0 saturated carbocycles. The predicted molar refractivity (Wildman–Crippen MR) is 67.4 cm³/mol. The molecule has 0 unspecified atom stereocenters. The minimum Gasteiger partial charge on any atom is -0.476 e. The van der Waals surface area contributed by atoms with Crippen molar-refractivity contribution < 1.29 is 19.4 Å². The zero-order chi connectivity index (χ0) is 14.5. The quantitative estimate of drug-likeness (QED) is 0.651. The number of carboxylic acid groups (broad SMARTS) is 1. The molecule has 100 valence electrons. The van der Waals surface area contributed by atoms with Crippen molar-refractivity contribution >= 4 is 11.9 Å². The average molecular weight is 271 g/mol. The summed E-state index contributed by atoms with van der Waals surface area (Å²) in [6.45, 7) is -0.116. The second kappa shape index (κ2) is 5.67. The van der Waals surface area contributed by atoms with Gasteiger partial charge in [-0.05, 0) is 18.2 Å². The zero-order valence-corrected chi connectivity index (χ0v) is 10.2. The first kappa shape index (κ1) is 13.3. The second-order valence-corrected chi connectivity index (χ2v) is 3.68. The molecule has 1 heterocycles. The predicted octanol–water partition coefficient (Wildman–Crippen LogP) is 0.755. The van der Waals surface area contributed by atoms with Gasteiger partial charge in [-0.3, -0.25) is 0 Å². The van der Waals surface area contributed by atoms with Crippen LogP contribution in [0.25, 0.3) is 5.69 Å². The number of hydrogen-bond acceptors (Lipinski definition) is 5. The van der Waals surface area contributed by atoms with Crippen LogP contribution in [0.1, 0.15) is 20.8 Å². The molecule has 0 spiro atoms. The third-order valence-electron chi connectivity index (χ3n) is 2.35. The maximum Gasteiger partial charge on any atom is 0.358 e. The van der Waals surface area contributed by atoms with Crippen molar-refractivity contribution in [2.75, 3.05) is 6.61 Å². The SMILES string of the molecule is C#CCOC(=O)c1cccc(-n2cc(C(=O)O)nn2)c1.